The van der Waals surface area contributed by atoms with Gasteiger partial charge in [-0.15, -0.1) is 23.2 Å². The van der Waals surface area contributed by atoms with E-state index in [1.165, 1.54) is 0 Å². The average Bonchev–Trinajstić information content (AvgIpc) is 2.95. The molecule has 2 aromatic rings. The van der Waals surface area contributed by atoms with Crippen LogP contribution >= 0.6 is 55.1 Å². The van der Waals surface area contributed by atoms with Crippen molar-refractivity contribution in [3.63, 3.8) is 0 Å². The van der Waals surface area contributed by atoms with Crippen LogP contribution in [0.3, 0.4) is 0 Å². The van der Waals surface area contributed by atoms with Crippen LogP contribution < -0.4 is 0 Å². The molecule has 0 amide bonds. The Morgan fingerprint density at radius 3 is 1.32 bits per heavy atom. The predicted molar refractivity (Wildman–Crippen MR) is 88.1 cm³/mol. The molecule has 0 saturated heterocycles. The Hall–Kier alpha value is -0.0200. The first-order valence-corrected chi connectivity index (χ1v) is 8.20. The molecular formula is C15H10Br2Cl2. The molecule has 0 N–H and O–H groups in total. The molecule has 98 valence electrons. The van der Waals surface area contributed by atoms with Gasteiger partial charge in [0.1, 0.15) is 4.33 Å². The van der Waals surface area contributed by atoms with Crippen molar-refractivity contribution in [1.82, 2.24) is 0 Å². The van der Waals surface area contributed by atoms with E-state index in [4.69, 9.17) is 23.2 Å². The smallest absolute Gasteiger partial charge is 0.100 e. The van der Waals surface area contributed by atoms with Crippen LogP contribution in [-0.2, 0) is 5.41 Å². The predicted octanol–water partition coefficient (Wildman–Crippen LogP) is 6.08. The van der Waals surface area contributed by atoms with Gasteiger partial charge < -0.3 is 0 Å². The lowest BCUT2D eigenvalue weighted by Gasteiger charge is -2.19. The van der Waals surface area contributed by atoms with Crippen molar-refractivity contribution in [3.8, 4) is 0 Å². The van der Waals surface area contributed by atoms with Gasteiger partial charge in [-0.25, -0.2) is 0 Å². The summed E-state index contributed by atoms with van der Waals surface area (Å²) in [6, 6.07) is 16.4. The summed E-state index contributed by atoms with van der Waals surface area (Å²) in [4.78, 5) is 0. The first kappa shape index (κ1) is 13.9. The second kappa shape index (κ2) is 4.77. The van der Waals surface area contributed by atoms with Crippen molar-refractivity contribution >= 4 is 55.1 Å². The molecule has 0 aromatic heterocycles. The fourth-order valence-corrected chi connectivity index (χ4v) is 3.92. The molecule has 0 atom stereocenters. The molecule has 0 unspecified atom stereocenters. The summed E-state index contributed by atoms with van der Waals surface area (Å²) in [5.41, 5.74) is 2.02. The number of hydrogen-bond acceptors (Lipinski definition) is 0. The third kappa shape index (κ3) is 2.27. The molecule has 0 aliphatic heterocycles. The molecule has 1 fully saturated rings. The van der Waals surface area contributed by atoms with Crippen LogP contribution in [0.1, 0.15) is 17.5 Å². The maximum absolute atomic E-state index is 6.45. The quantitative estimate of drug-likeness (QED) is 0.517. The molecule has 19 heavy (non-hydrogen) atoms. The van der Waals surface area contributed by atoms with Crippen LogP contribution in [0.2, 0.25) is 0 Å². The van der Waals surface area contributed by atoms with Crippen molar-refractivity contribution in [2.75, 3.05) is 0 Å². The SMILES string of the molecule is ClC1(Cl)CC1(c1ccc(Br)cc1)c1ccc(Br)cc1. The summed E-state index contributed by atoms with van der Waals surface area (Å²) >= 11 is 19.8. The van der Waals surface area contributed by atoms with Gasteiger partial charge in [0.2, 0.25) is 0 Å². The molecular weight excluding hydrogens is 411 g/mol. The van der Waals surface area contributed by atoms with Gasteiger partial charge in [0.05, 0.1) is 5.41 Å². The second-order valence-electron chi connectivity index (χ2n) is 4.80. The normalized spacial score (nSPS) is 19.2. The molecule has 0 nitrogen and oxygen atoms in total. The topological polar surface area (TPSA) is 0 Å². The standard InChI is InChI=1S/C15H10Br2Cl2/c16-12-5-1-10(2-6-12)14(9-15(14,18)19)11-3-7-13(17)8-4-11/h1-8H,9H2. The molecule has 1 aliphatic carbocycles. The maximum atomic E-state index is 6.45. The fourth-order valence-electron chi connectivity index (χ4n) is 2.55. The highest BCUT2D eigenvalue weighted by Gasteiger charge is 2.68. The summed E-state index contributed by atoms with van der Waals surface area (Å²) in [5.74, 6) is 0. The summed E-state index contributed by atoms with van der Waals surface area (Å²) in [6.07, 6.45) is 0.742. The van der Waals surface area contributed by atoms with Crippen molar-refractivity contribution < 1.29 is 0 Å². The van der Waals surface area contributed by atoms with Crippen molar-refractivity contribution in [2.45, 2.75) is 16.2 Å². The van der Waals surface area contributed by atoms with Crippen molar-refractivity contribution in [3.05, 3.63) is 68.6 Å². The Morgan fingerprint density at radius 2 is 1.05 bits per heavy atom. The van der Waals surface area contributed by atoms with Gasteiger partial charge in [-0.2, -0.15) is 0 Å². The van der Waals surface area contributed by atoms with Crippen LogP contribution in [0.4, 0.5) is 0 Å². The third-order valence-electron chi connectivity index (χ3n) is 3.66. The molecule has 1 saturated carbocycles. The number of halogens is 4. The summed E-state index contributed by atoms with van der Waals surface area (Å²) < 4.78 is 1.38. The number of benzene rings is 2. The van der Waals surface area contributed by atoms with E-state index in [0.717, 1.165) is 26.5 Å². The molecule has 0 bridgehead atoms. The number of hydrogen-bond donors (Lipinski definition) is 0. The van der Waals surface area contributed by atoms with E-state index in [0.29, 0.717) is 0 Å². The van der Waals surface area contributed by atoms with E-state index in [-0.39, 0.29) is 5.41 Å². The van der Waals surface area contributed by atoms with E-state index < -0.39 is 4.33 Å². The lowest BCUT2D eigenvalue weighted by atomic mass is 9.88. The largest absolute Gasteiger partial charge is 0.133 e. The van der Waals surface area contributed by atoms with Crippen LogP contribution in [-0.4, -0.2) is 4.33 Å². The van der Waals surface area contributed by atoms with Gasteiger partial charge in [0, 0.05) is 8.95 Å². The van der Waals surface area contributed by atoms with Gasteiger partial charge in [0.15, 0.2) is 0 Å². The summed E-state index contributed by atoms with van der Waals surface area (Å²) in [5, 5.41) is 0. The van der Waals surface area contributed by atoms with Gasteiger partial charge >= 0.3 is 0 Å². The lowest BCUT2D eigenvalue weighted by molar-refractivity contribution is 0.832. The van der Waals surface area contributed by atoms with E-state index >= 15 is 0 Å². The minimum Gasteiger partial charge on any atom is -0.100 e. The van der Waals surface area contributed by atoms with E-state index in [2.05, 4.69) is 56.1 Å². The van der Waals surface area contributed by atoms with Gasteiger partial charge in [-0.3, -0.25) is 0 Å². The van der Waals surface area contributed by atoms with Gasteiger partial charge in [-0.1, -0.05) is 56.1 Å². The fraction of sp³-hybridized carbons (Fsp3) is 0.200. The molecule has 0 spiro atoms. The zero-order valence-corrected chi connectivity index (χ0v) is 14.5. The van der Waals surface area contributed by atoms with Crippen LogP contribution in [0.25, 0.3) is 0 Å². The Morgan fingerprint density at radius 1 is 0.737 bits per heavy atom. The van der Waals surface area contributed by atoms with Crippen LogP contribution in [0, 0.1) is 0 Å². The van der Waals surface area contributed by atoms with E-state index in [9.17, 15) is 0 Å². The number of rotatable bonds is 2. The van der Waals surface area contributed by atoms with Crippen molar-refractivity contribution in [1.29, 1.82) is 0 Å². The second-order valence-corrected chi connectivity index (χ2v) is 8.12. The maximum Gasteiger partial charge on any atom is 0.133 e. The zero-order chi connectivity index (χ0) is 13.7. The highest BCUT2D eigenvalue weighted by molar-refractivity contribution is 9.10. The first-order chi connectivity index (χ1) is 8.96. The van der Waals surface area contributed by atoms with Gasteiger partial charge in [0.25, 0.3) is 0 Å². The molecule has 2 aromatic carbocycles. The zero-order valence-electron chi connectivity index (χ0n) is 9.84. The molecule has 4 heteroatoms. The Labute approximate surface area is 139 Å². The lowest BCUT2D eigenvalue weighted by Crippen LogP contribution is -2.16. The number of alkyl halides is 2. The minimum absolute atomic E-state index is 0.294. The minimum atomic E-state index is -0.728. The van der Waals surface area contributed by atoms with E-state index in [1.54, 1.807) is 0 Å². The molecule has 0 radical (unpaired) electrons. The molecule has 0 heterocycles. The third-order valence-corrected chi connectivity index (χ3v) is 5.63. The summed E-state index contributed by atoms with van der Waals surface area (Å²) in [6.45, 7) is 0. The van der Waals surface area contributed by atoms with Crippen molar-refractivity contribution in [2.24, 2.45) is 0 Å². The molecule has 1 aliphatic rings. The summed E-state index contributed by atoms with van der Waals surface area (Å²) in [7, 11) is 0. The van der Waals surface area contributed by atoms with Crippen LogP contribution in [0.15, 0.2) is 57.5 Å². The Kier molecular flexibility index (Phi) is 3.50. The van der Waals surface area contributed by atoms with E-state index in [1.807, 2.05) is 24.3 Å². The average molecular weight is 421 g/mol. The first-order valence-electron chi connectivity index (χ1n) is 5.86. The highest BCUT2D eigenvalue weighted by atomic mass is 79.9. The van der Waals surface area contributed by atoms with Crippen LogP contribution in [0.5, 0.6) is 0 Å². The Balaban J connectivity index is 2.11. The Bertz CT molecular complexity index is 558. The van der Waals surface area contributed by atoms with Gasteiger partial charge in [-0.05, 0) is 41.8 Å². The monoisotopic (exact) mass is 418 g/mol. The molecule has 3 rings (SSSR count). The highest BCUT2D eigenvalue weighted by Crippen LogP contribution is 2.68.